The van der Waals surface area contributed by atoms with Crippen LogP contribution in [0.1, 0.15) is 42.0 Å². The summed E-state index contributed by atoms with van der Waals surface area (Å²) in [7, 11) is 0. The zero-order valence-electron chi connectivity index (χ0n) is 20.1. The predicted octanol–water partition coefficient (Wildman–Crippen LogP) is 8.76. The molecule has 0 aliphatic rings. The van der Waals surface area contributed by atoms with E-state index in [4.69, 9.17) is 0 Å². The molecule has 0 spiro atoms. The Labute approximate surface area is 208 Å². The quantitative estimate of drug-likeness (QED) is 0.182. The van der Waals surface area contributed by atoms with Gasteiger partial charge in [-0.2, -0.15) is 0 Å². The molecular formula is C34H30O. The average Bonchev–Trinajstić information content (AvgIpc) is 2.90. The first kappa shape index (κ1) is 23.9. The van der Waals surface area contributed by atoms with Gasteiger partial charge in [0.1, 0.15) is 5.78 Å². The van der Waals surface area contributed by atoms with Gasteiger partial charge in [-0.1, -0.05) is 139 Å². The van der Waals surface area contributed by atoms with Crippen LogP contribution in [0.15, 0.2) is 133 Å². The molecule has 1 heteroatoms. The number of ketones is 1. The Kier molecular flexibility index (Phi) is 8.40. The van der Waals surface area contributed by atoms with Crippen LogP contribution in [-0.2, 0) is 4.79 Å². The highest BCUT2D eigenvalue weighted by molar-refractivity contribution is 5.90. The maximum Gasteiger partial charge on any atom is 0.133 e. The second kappa shape index (κ2) is 12.3. The first-order valence-corrected chi connectivity index (χ1v) is 12.0. The van der Waals surface area contributed by atoms with E-state index in [1.165, 1.54) is 11.1 Å². The van der Waals surface area contributed by atoms with Gasteiger partial charge in [-0.05, 0) is 52.8 Å². The van der Waals surface area contributed by atoms with Crippen molar-refractivity contribution in [2.75, 3.05) is 0 Å². The maximum atomic E-state index is 12.3. The molecule has 0 aromatic heterocycles. The van der Waals surface area contributed by atoms with Gasteiger partial charge in [-0.15, -0.1) is 0 Å². The van der Waals surface area contributed by atoms with Crippen molar-refractivity contribution in [3.8, 4) is 0 Å². The fourth-order valence-electron chi connectivity index (χ4n) is 4.16. The van der Waals surface area contributed by atoms with Gasteiger partial charge in [-0.25, -0.2) is 0 Å². The van der Waals surface area contributed by atoms with Crippen molar-refractivity contribution < 1.29 is 4.79 Å². The Morgan fingerprint density at radius 1 is 0.571 bits per heavy atom. The van der Waals surface area contributed by atoms with Crippen molar-refractivity contribution in [3.63, 3.8) is 0 Å². The van der Waals surface area contributed by atoms with Crippen molar-refractivity contribution in [1.29, 1.82) is 0 Å². The van der Waals surface area contributed by atoms with Gasteiger partial charge in [-0.3, -0.25) is 4.79 Å². The van der Waals surface area contributed by atoms with Crippen molar-refractivity contribution in [2.45, 2.75) is 19.8 Å². The molecule has 0 fully saturated rings. The van der Waals surface area contributed by atoms with Gasteiger partial charge >= 0.3 is 0 Å². The van der Waals surface area contributed by atoms with Crippen LogP contribution in [0.25, 0.3) is 23.3 Å². The molecule has 0 N–H and O–H groups in total. The van der Waals surface area contributed by atoms with E-state index in [9.17, 15) is 4.79 Å². The molecule has 0 saturated heterocycles. The lowest BCUT2D eigenvalue weighted by molar-refractivity contribution is -0.116. The summed E-state index contributed by atoms with van der Waals surface area (Å²) in [4.78, 5) is 12.3. The molecule has 0 bridgehead atoms. The Morgan fingerprint density at radius 3 is 1.54 bits per heavy atom. The van der Waals surface area contributed by atoms with E-state index < -0.39 is 0 Å². The average molecular weight is 455 g/mol. The van der Waals surface area contributed by atoms with Crippen LogP contribution in [-0.4, -0.2) is 5.78 Å². The molecule has 0 heterocycles. The number of benzene rings is 4. The summed E-state index contributed by atoms with van der Waals surface area (Å²) in [5, 5.41) is 0. The second-order valence-electron chi connectivity index (χ2n) is 8.68. The smallest absolute Gasteiger partial charge is 0.133 e. The molecule has 4 aromatic carbocycles. The van der Waals surface area contributed by atoms with Gasteiger partial charge in [0.05, 0.1) is 0 Å². The summed E-state index contributed by atoms with van der Waals surface area (Å²) in [6, 6.07) is 41.5. The molecule has 1 nitrogen and oxygen atoms in total. The number of Topliss-reactive ketones (excluding diaryl/α,β-unsaturated/α-hetero) is 1. The lowest BCUT2D eigenvalue weighted by Gasteiger charge is -2.13. The molecular weight excluding hydrogens is 424 g/mol. The van der Waals surface area contributed by atoms with Crippen LogP contribution in [0.3, 0.4) is 0 Å². The van der Waals surface area contributed by atoms with E-state index in [1.54, 1.807) is 6.92 Å². The van der Waals surface area contributed by atoms with E-state index in [1.807, 2.05) is 36.4 Å². The monoisotopic (exact) mass is 454 g/mol. The second-order valence-corrected chi connectivity index (χ2v) is 8.68. The van der Waals surface area contributed by atoms with Crippen molar-refractivity contribution in [1.82, 2.24) is 0 Å². The van der Waals surface area contributed by atoms with Gasteiger partial charge in [0, 0.05) is 6.42 Å². The summed E-state index contributed by atoms with van der Waals surface area (Å²) < 4.78 is 0. The summed E-state index contributed by atoms with van der Waals surface area (Å²) in [6.07, 6.45) is 7.73. The van der Waals surface area contributed by atoms with Gasteiger partial charge < -0.3 is 0 Å². The molecule has 4 rings (SSSR count). The third-order valence-corrected chi connectivity index (χ3v) is 5.77. The topological polar surface area (TPSA) is 17.1 Å². The SMILES string of the molecule is CC(=O)C/C(=C\C(=C\c1ccccc1)c1ccccc1)C/C(=C/c1ccccc1)c1ccccc1. The highest BCUT2D eigenvalue weighted by Gasteiger charge is 2.10. The highest BCUT2D eigenvalue weighted by atomic mass is 16.1. The zero-order chi connectivity index (χ0) is 24.3. The van der Waals surface area contributed by atoms with Gasteiger partial charge in [0.25, 0.3) is 0 Å². The summed E-state index contributed by atoms with van der Waals surface area (Å²) in [5.41, 5.74) is 7.96. The van der Waals surface area contributed by atoms with Crippen molar-refractivity contribution >= 4 is 29.1 Å². The fraction of sp³-hybridized carbons (Fsp3) is 0.0882. The summed E-state index contributed by atoms with van der Waals surface area (Å²) >= 11 is 0. The van der Waals surface area contributed by atoms with Crippen molar-refractivity contribution in [3.05, 3.63) is 155 Å². The summed E-state index contributed by atoms with van der Waals surface area (Å²) in [5.74, 6) is 0.162. The molecule has 0 saturated carbocycles. The number of carbonyl (C=O) groups excluding carboxylic acids is 1. The molecule has 35 heavy (non-hydrogen) atoms. The standard InChI is InChI=1S/C34H30O/c1-27(35)22-30(25-33(31-18-10-4-11-19-31)23-28-14-6-2-7-15-28)26-34(32-20-12-5-13-21-32)24-29-16-8-3-9-17-29/h2-21,23-25H,22,26H2,1H3/b30-25+,33-23-,34-24-. The first-order chi connectivity index (χ1) is 17.2. The van der Waals surface area contributed by atoms with Crippen LogP contribution in [0.5, 0.6) is 0 Å². The van der Waals surface area contributed by atoms with Crippen LogP contribution in [0.4, 0.5) is 0 Å². The normalized spacial score (nSPS) is 12.4. The number of allylic oxidation sites excluding steroid dienone is 4. The van der Waals surface area contributed by atoms with E-state index in [0.29, 0.717) is 12.8 Å². The van der Waals surface area contributed by atoms with Crippen LogP contribution in [0, 0.1) is 0 Å². The molecule has 0 aliphatic heterocycles. The number of carbonyl (C=O) groups is 1. The minimum Gasteiger partial charge on any atom is -0.300 e. The Hall–Kier alpha value is -4.23. The van der Waals surface area contributed by atoms with Crippen LogP contribution < -0.4 is 0 Å². The molecule has 0 aliphatic carbocycles. The Morgan fingerprint density at radius 2 is 1.03 bits per heavy atom. The molecule has 4 aromatic rings. The fourth-order valence-corrected chi connectivity index (χ4v) is 4.16. The number of hydrogen-bond donors (Lipinski definition) is 0. The number of hydrogen-bond acceptors (Lipinski definition) is 1. The third-order valence-electron chi connectivity index (χ3n) is 5.77. The largest absolute Gasteiger partial charge is 0.300 e. The molecule has 0 unspecified atom stereocenters. The Balaban J connectivity index is 1.79. The number of rotatable bonds is 9. The van der Waals surface area contributed by atoms with Crippen LogP contribution >= 0.6 is 0 Å². The van der Waals surface area contributed by atoms with E-state index in [0.717, 1.165) is 27.8 Å². The zero-order valence-corrected chi connectivity index (χ0v) is 20.1. The lowest BCUT2D eigenvalue weighted by atomic mass is 9.91. The summed E-state index contributed by atoms with van der Waals surface area (Å²) in [6.45, 7) is 1.67. The molecule has 0 atom stereocenters. The maximum absolute atomic E-state index is 12.3. The Bertz CT molecular complexity index is 1310. The van der Waals surface area contributed by atoms with Crippen LogP contribution in [0.2, 0.25) is 0 Å². The predicted molar refractivity (Wildman–Crippen MR) is 150 cm³/mol. The van der Waals surface area contributed by atoms with E-state index >= 15 is 0 Å². The highest BCUT2D eigenvalue weighted by Crippen LogP contribution is 2.30. The van der Waals surface area contributed by atoms with Gasteiger partial charge in [0.15, 0.2) is 0 Å². The molecule has 0 amide bonds. The van der Waals surface area contributed by atoms with Gasteiger partial charge in [0.2, 0.25) is 0 Å². The first-order valence-electron chi connectivity index (χ1n) is 12.0. The molecule has 0 radical (unpaired) electrons. The van der Waals surface area contributed by atoms with Crippen molar-refractivity contribution in [2.24, 2.45) is 0 Å². The third kappa shape index (κ3) is 7.38. The van der Waals surface area contributed by atoms with E-state index in [2.05, 4.69) is 103 Å². The lowest BCUT2D eigenvalue weighted by Crippen LogP contribution is -1.97. The molecule has 172 valence electrons. The minimum atomic E-state index is 0.162. The van der Waals surface area contributed by atoms with E-state index in [-0.39, 0.29) is 5.78 Å². The minimum absolute atomic E-state index is 0.162.